The number of carbonyl (C=O) groups is 1. The first-order chi connectivity index (χ1) is 9.69. The van der Waals surface area contributed by atoms with Gasteiger partial charge in [-0.1, -0.05) is 12.1 Å². The van der Waals surface area contributed by atoms with E-state index in [4.69, 9.17) is 5.73 Å². The second-order valence-electron chi connectivity index (χ2n) is 5.57. The van der Waals surface area contributed by atoms with Gasteiger partial charge in [-0.15, -0.1) is 0 Å². The Bertz CT molecular complexity index is 450. The van der Waals surface area contributed by atoms with E-state index >= 15 is 0 Å². The lowest BCUT2D eigenvalue weighted by atomic mass is 9.97. The number of hydrogen-bond donors (Lipinski definition) is 1. The molecule has 1 atom stereocenters. The third-order valence-corrected chi connectivity index (χ3v) is 4.63. The summed E-state index contributed by atoms with van der Waals surface area (Å²) < 4.78 is 0. The third-order valence-electron chi connectivity index (χ3n) is 3.93. The molecule has 20 heavy (non-hydrogen) atoms. The highest BCUT2D eigenvalue weighted by Gasteiger charge is 2.22. The van der Waals surface area contributed by atoms with Crippen molar-refractivity contribution in [3.63, 3.8) is 0 Å². The average Bonchev–Trinajstić information content (AvgIpc) is 2.87. The predicted molar refractivity (Wildman–Crippen MR) is 86.2 cm³/mol. The van der Waals surface area contributed by atoms with Crippen molar-refractivity contribution in [2.24, 2.45) is 11.7 Å². The number of hydrogen-bond acceptors (Lipinski definition) is 3. The van der Waals surface area contributed by atoms with E-state index in [0.29, 0.717) is 11.5 Å². The van der Waals surface area contributed by atoms with E-state index in [9.17, 15) is 4.79 Å². The summed E-state index contributed by atoms with van der Waals surface area (Å²) in [7, 11) is 0. The molecule has 1 aliphatic heterocycles. The molecular formula is C16H24N2OS. The van der Waals surface area contributed by atoms with Gasteiger partial charge in [-0.25, -0.2) is 0 Å². The van der Waals surface area contributed by atoms with Crippen molar-refractivity contribution in [1.29, 1.82) is 0 Å². The van der Waals surface area contributed by atoms with Crippen LogP contribution in [0.1, 0.15) is 28.8 Å². The Morgan fingerprint density at radius 2 is 2.35 bits per heavy atom. The molecule has 1 saturated heterocycles. The van der Waals surface area contributed by atoms with Gasteiger partial charge in [-0.2, -0.15) is 11.8 Å². The Hall–Kier alpha value is -1.00. The van der Waals surface area contributed by atoms with Crippen LogP contribution in [0.25, 0.3) is 0 Å². The quantitative estimate of drug-likeness (QED) is 0.785. The van der Waals surface area contributed by atoms with Gasteiger partial charge in [0.15, 0.2) is 0 Å². The molecule has 2 rings (SSSR count). The Labute approximate surface area is 125 Å². The van der Waals surface area contributed by atoms with Gasteiger partial charge in [0.1, 0.15) is 0 Å². The molecule has 4 heteroatoms. The Kier molecular flexibility index (Phi) is 5.92. The van der Waals surface area contributed by atoms with Crippen molar-refractivity contribution in [3.8, 4) is 0 Å². The van der Waals surface area contributed by atoms with Crippen molar-refractivity contribution in [1.82, 2.24) is 4.90 Å². The predicted octanol–water partition coefficient (Wildman–Crippen LogP) is 2.40. The van der Waals surface area contributed by atoms with E-state index in [1.54, 1.807) is 6.07 Å². The molecule has 0 bridgehead atoms. The lowest BCUT2D eigenvalue weighted by molar-refractivity contribution is 0.1000. The molecule has 0 saturated carbocycles. The van der Waals surface area contributed by atoms with Gasteiger partial charge in [0.05, 0.1) is 0 Å². The molecule has 2 N–H and O–H groups in total. The SMILES string of the molecule is CSCCCN1CC[C@H](Cc2cccc(C(N)=O)c2)C1. The maximum Gasteiger partial charge on any atom is 0.248 e. The monoisotopic (exact) mass is 292 g/mol. The fourth-order valence-corrected chi connectivity index (χ4v) is 3.32. The van der Waals surface area contributed by atoms with E-state index in [-0.39, 0.29) is 5.91 Å². The summed E-state index contributed by atoms with van der Waals surface area (Å²) in [5.74, 6) is 1.63. The summed E-state index contributed by atoms with van der Waals surface area (Å²) >= 11 is 1.92. The van der Waals surface area contributed by atoms with E-state index in [0.717, 1.165) is 6.42 Å². The first kappa shape index (κ1) is 15.4. The molecule has 1 aliphatic rings. The van der Waals surface area contributed by atoms with E-state index in [1.807, 2.05) is 23.9 Å². The normalized spacial score (nSPS) is 19.4. The van der Waals surface area contributed by atoms with Crippen LogP contribution in [-0.2, 0) is 6.42 Å². The zero-order valence-electron chi connectivity index (χ0n) is 12.2. The zero-order valence-corrected chi connectivity index (χ0v) is 13.0. The van der Waals surface area contributed by atoms with Crippen molar-refractivity contribution in [2.45, 2.75) is 19.3 Å². The number of carbonyl (C=O) groups excluding carboxylic acids is 1. The molecule has 1 heterocycles. The summed E-state index contributed by atoms with van der Waals surface area (Å²) in [6.45, 7) is 3.63. The molecular weight excluding hydrogens is 268 g/mol. The molecule has 110 valence electrons. The van der Waals surface area contributed by atoms with Crippen molar-refractivity contribution in [3.05, 3.63) is 35.4 Å². The summed E-state index contributed by atoms with van der Waals surface area (Å²) in [5, 5.41) is 0. The Morgan fingerprint density at radius 1 is 1.50 bits per heavy atom. The number of benzene rings is 1. The first-order valence-corrected chi connectivity index (χ1v) is 8.68. The van der Waals surface area contributed by atoms with E-state index in [2.05, 4.69) is 17.2 Å². The molecule has 1 aromatic carbocycles. The standard InChI is InChI=1S/C16H24N2OS/c1-20-9-3-7-18-8-6-14(12-18)10-13-4-2-5-15(11-13)16(17)19/h2,4-5,11,14H,3,6-10,12H2,1H3,(H2,17,19)/t14-/m1/s1. The molecule has 0 aromatic heterocycles. The number of rotatable bonds is 7. The summed E-state index contributed by atoms with van der Waals surface area (Å²) in [5.41, 5.74) is 7.19. The van der Waals surface area contributed by atoms with Gasteiger partial charge in [0.2, 0.25) is 5.91 Å². The third kappa shape index (κ3) is 4.53. The highest BCUT2D eigenvalue weighted by Crippen LogP contribution is 2.21. The second kappa shape index (κ2) is 7.70. The number of thioether (sulfide) groups is 1. The van der Waals surface area contributed by atoms with Crippen LogP contribution in [0.5, 0.6) is 0 Å². The molecule has 3 nitrogen and oxygen atoms in total. The maximum absolute atomic E-state index is 11.2. The van der Waals surface area contributed by atoms with Crippen molar-refractivity contribution < 1.29 is 4.79 Å². The summed E-state index contributed by atoms with van der Waals surface area (Å²) in [4.78, 5) is 13.8. The van der Waals surface area contributed by atoms with E-state index in [1.165, 1.54) is 43.8 Å². The fraction of sp³-hybridized carbons (Fsp3) is 0.562. The molecule has 1 amide bonds. The van der Waals surface area contributed by atoms with Crippen LogP contribution < -0.4 is 5.73 Å². The lowest BCUT2D eigenvalue weighted by Crippen LogP contribution is -2.22. The second-order valence-corrected chi connectivity index (χ2v) is 6.56. The fourth-order valence-electron chi connectivity index (χ4n) is 2.90. The smallest absolute Gasteiger partial charge is 0.248 e. The van der Waals surface area contributed by atoms with Crippen LogP contribution in [0.4, 0.5) is 0 Å². The molecule has 0 unspecified atom stereocenters. The van der Waals surface area contributed by atoms with Gasteiger partial charge >= 0.3 is 0 Å². The molecule has 0 radical (unpaired) electrons. The minimum Gasteiger partial charge on any atom is -0.366 e. The van der Waals surface area contributed by atoms with Crippen LogP contribution in [0.15, 0.2) is 24.3 Å². The van der Waals surface area contributed by atoms with Gasteiger partial charge < -0.3 is 10.6 Å². The van der Waals surface area contributed by atoms with Crippen LogP contribution in [0.2, 0.25) is 0 Å². The highest BCUT2D eigenvalue weighted by atomic mass is 32.2. The van der Waals surface area contributed by atoms with Gasteiger partial charge in [0.25, 0.3) is 0 Å². The van der Waals surface area contributed by atoms with Crippen LogP contribution in [-0.4, -0.2) is 42.4 Å². The van der Waals surface area contributed by atoms with Crippen molar-refractivity contribution in [2.75, 3.05) is 31.6 Å². The molecule has 1 aromatic rings. The Balaban J connectivity index is 1.82. The molecule has 0 aliphatic carbocycles. The summed E-state index contributed by atoms with van der Waals surface area (Å²) in [6, 6.07) is 7.76. The van der Waals surface area contributed by atoms with Crippen LogP contribution in [0.3, 0.4) is 0 Å². The number of likely N-dealkylation sites (tertiary alicyclic amines) is 1. The number of nitrogens with two attached hydrogens (primary N) is 1. The number of nitrogens with zero attached hydrogens (tertiary/aromatic N) is 1. The minimum atomic E-state index is -0.336. The Morgan fingerprint density at radius 3 is 3.10 bits per heavy atom. The van der Waals surface area contributed by atoms with E-state index < -0.39 is 0 Å². The highest BCUT2D eigenvalue weighted by molar-refractivity contribution is 7.98. The van der Waals surface area contributed by atoms with Gasteiger partial charge in [-0.3, -0.25) is 4.79 Å². The van der Waals surface area contributed by atoms with Gasteiger partial charge in [0, 0.05) is 12.1 Å². The zero-order chi connectivity index (χ0) is 14.4. The minimum absolute atomic E-state index is 0.336. The average molecular weight is 292 g/mol. The molecule has 0 spiro atoms. The maximum atomic E-state index is 11.2. The first-order valence-electron chi connectivity index (χ1n) is 7.29. The van der Waals surface area contributed by atoms with Crippen molar-refractivity contribution >= 4 is 17.7 Å². The topological polar surface area (TPSA) is 46.3 Å². The largest absolute Gasteiger partial charge is 0.366 e. The van der Waals surface area contributed by atoms with Gasteiger partial charge in [-0.05, 0) is 68.0 Å². The number of amides is 1. The number of primary amides is 1. The van der Waals surface area contributed by atoms with Crippen LogP contribution in [0, 0.1) is 5.92 Å². The lowest BCUT2D eigenvalue weighted by Gasteiger charge is -2.15. The van der Waals surface area contributed by atoms with Crippen LogP contribution >= 0.6 is 11.8 Å². The molecule has 1 fully saturated rings. The summed E-state index contributed by atoms with van der Waals surface area (Å²) in [6.07, 6.45) is 5.77.